The molecular formula is C14H7I2OPS2. The summed E-state index contributed by atoms with van der Waals surface area (Å²) in [5.41, 5.74) is 0. The Labute approximate surface area is 152 Å². The van der Waals surface area contributed by atoms with E-state index in [1.807, 2.05) is 30.3 Å². The van der Waals surface area contributed by atoms with Crippen LogP contribution in [0.2, 0.25) is 0 Å². The smallest absolute Gasteiger partial charge is 0.174 e. The fourth-order valence-corrected chi connectivity index (χ4v) is 10.9. The highest BCUT2D eigenvalue weighted by Crippen LogP contribution is 2.56. The molecule has 0 saturated heterocycles. The first-order chi connectivity index (χ1) is 9.60. The molecule has 6 heteroatoms. The molecule has 0 bridgehead atoms. The predicted molar refractivity (Wildman–Crippen MR) is 106 cm³/mol. The van der Waals surface area contributed by atoms with Crippen molar-refractivity contribution in [1.82, 2.24) is 0 Å². The van der Waals surface area contributed by atoms with Crippen molar-refractivity contribution >= 4 is 90.9 Å². The van der Waals surface area contributed by atoms with Crippen molar-refractivity contribution in [1.29, 1.82) is 0 Å². The van der Waals surface area contributed by atoms with E-state index in [1.54, 1.807) is 22.7 Å². The number of thiophene rings is 2. The molecule has 1 nitrogen and oxygen atoms in total. The molecule has 2 aromatic heterocycles. The van der Waals surface area contributed by atoms with E-state index in [-0.39, 0.29) is 0 Å². The molecule has 0 N–H and O–H groups in total. The lowest BCUT2D eigenvalue weighted by molar-refractivity contribution is 0.593. The van der Waals surface area contributed by atoms with Gasteiger partial charge < -0.3 is 4.57 Å². The van der Waals surface area contributed by atoms with Gasteiger partial charge in [-0.15, -0.1) is 22.7 Å². The molecule has 0 unspecified atom stereocenters. The van der Waals surface area contributed by atoms with Crippen LogP contribution in [0.5, 0.6) is 0 Å². The molecule has 3 heterocycles. The van der Waals surface area contributed by atoms with Crippen LogP contribution in [0.3, 0.4) is 0 Å². The molecule has 3 aromatic rings. The molecule has 1 aliphatic heterocycles. The maximum atomic E-state index is 13.9. The van der Waals surface area contributed by atoms with E-state index in [9.17, 15) is 4.57 Å². The molecule has 0 fully saturated rings. The summed E-state index contributed by atoms with van der Waals surface area (Å²) < 4.78 is 16.3. The minimum absolute atomic E-state index is 0.948. The van der Waals surface area contributed by atoms with Gasteiger partial charge in [-0.05, 0) is 57.3 Å². The maximum Gasteiger partial charge on any atom is 0.174 e. The van der Waals surface area contributed by atoms with E-state index in [2.05, 4.69) is 57.3 Å². The van der Waals surface area contributed by atoms with Crippen LogP contribution in [0.4, 0.5) is 0 Å². The second kappa shape index (κ2) is 4.91. The molecule has 1 aromatic carbocycles. The van der Waals surface area contributed by atoms with Crippen LogP contribution < -0.4 is 15.9 Å². The maximum absolute atomic E-state index is 13.9. The first kappa shape index (κ1) is 13.9. The van der Waals surface area contributed by atoms with Gasteiger partial charge in [0.2, 0.25) is 0 Å². The van der Waals surface area contributed by atoms with E-state index >= 15 is 0 Å². The normalized spacial score (nSPS) is 15.1. The molecule has 0 spiro atoms. The number of halogens is 2. The highest BCUT2D eigenvalue weighted by atomic mass is 127. The Morgan fingerprint density at radius 2 is 1.35 bits per heavy atom. The van der Waals surface area contributed by atoms with Crippen LogP contribution in [-0.4, -0.2) is 0 Å². The molecule has 1 aliphatic rings. The highest BCUT2D eigenvalue weighted by molar-refractivity contribution is 14.1. The molecule has 0 saturated carbocycles. The van der Waals surface area contributed by atoms with Crippen molar-refractivity contribution in [2.45, 2.75) is 0 Å². The average Bonchev–Trinajstić information content (AvgIpc) is 3.06. The zero-order chi connectivity index (χ0) is 13.9. The number of rotatable bonds is 1. The van der Waals surface area contributed by atoms with E-state index in [0.717, 1.165) is 15.9 Å². The van der Waals surface area contributed by atoms with E-state index in [1.165, 1.54) is 15.5 Å². The summed E-state index contributed by atoms with van der Waals surface area (Å²) in [7, 11) is -2.65. The van der Waals surface area contributed by atoms with Gasteiger partial charge in [-0.2, -0.15) is 0 Å². The summed E-state index contributed by atoms with van der Waals surface area (Å²) in [6.45, 7) is 0. The molecule has 0 radical (unpaired) electrons. The second-order valence-corrected chi connectivity index (χ2v) is 13.1. The summed E-state index contributed by atoms with van der Waals surface area (Å²) in [6.07, 6.45) is 0. The van der Waals surface area contributed by atoms with Gasteiger partial charge in [0.25, 0.3) is 0 Å². The molecular weight excluding hydrogens is 533 g/mol. The Morgan fingerprint density at radius 1 is 0.850 bits per heavy atom. The van der Waals surface area contributed by atoms with Gasteiger partial charge in [-0.3, -0.25) is 0 Å². The third-order valence-corrected chi connectivity index (χ3v) is 10.7. The van der Waals surface area contributed by atoms with Gasteiger partial charge in [0.15, 0.2) is 7.14 Å². The van der Waals surface area contributed by atoms with Gasteiger partial charge >= 0.3 is 0 Å². The van der Waals surface area contributed by atoms with Gasteiger partial charge in [0.05, 0.1) is 15.5 Å². The number of hydrogen-bond donors (Lipinski definition) is 0. The molecule has 0 atom stereocenters. The Balaban J connectivity index is 2.11. The SMILES string of the molecule is O=P1(c2ccccc2)c2cc(I)sc2-c2sc(I)cc21. The molecule has 20 heavy (non-hydrogen) atoms. The molecule has 0 amide bonds. The molecule has 100 valence electrons. The van der Waals surface area contributed by atoms with E-state index in [0.29, 0.717) is 0 Å². The first-order valence-corrected chi connectivity index (χ1v) is 11.4. The summed E-state index contributed by atoms with van der Waals surface area (Å²) in [4.78, 5) is 2.43. The van der Waals surface area contributed by atoms with Crippen molar-refractivity contribution < 1.29 is 4.57 Å². The summed E-state index contributed by atoms with van der Waals surface area (Å²) in [6, 6.07) is 14.1. The van der Waals surface area contributed by atoms with Crippen LogP contribution in [0, 0.1) is 5.77 Å². The van der Waals surface area contributed by atoms with Crippen molar-refractivity contribution in [3.05, 3.63) is 48.2 Å². The zero-order valence-electron chi connectivity index (χ0n) is 9.97. The van der Waals surface area contributed by atoms with Crippen molar-refractivity contribution in [3.63, 3.8) is 0 Å². The minimum Gasteiger partial charge on any atom is -0.309 e. The number of fused-ring (bicyclic) bond motifs is 3. The number of benzene rings is 1. The average molecular weight is 540 g/mol. The van der Waals surface area contributed by atoms with Crippen LogP contribution >= 0.6 is 75.0 Å². The van der Waals surface area contributed by atoms with Crippen LogP contribution in [0.1, 0.15) is 0 Å². The van der Waals surface area contributed by atoms with Gasteiger partial charge in [-0.1, -0.05) is 30.3 Å². The van der Waals surface area contributed by atoms with Crippen LogP contribution in [-0.2, 0) is 4.57 Å². The van der Waals surface area contributed by atoms with Gasteiger partial charge in [0, 0.05) is 15.9 Å². The standard InChI is InChI=1S/C14H7I2OPS2/c15-11-6-9-13(19-11)14-10(7-12(16)20-14)18(9,17)8-4-2-1-3-5-8/h1-7H. The fraction of sp³-hybridized carbons (Fsp3) is 0. The fourth-order valence-electron chi connectivity index (χ4n) is 2.54. The molecule has 4 rings (SSSR count). The van der Waals surface area contributed by atoms with E-state index in [4.69, 9.17) is 0 Å². The zero-order valence-corrected chi connectivity index (χ0v) is 16.8. The summed E-state index contributed by atoms with van der Waals surface area (Å²) >= 11 is 8.15. The topological polar surface area (TPSA) is 17.1 Å². The lowest BCUT2D eigenvalue weighted by atomic mass is 10.4. The predicted octanol–water partition coefficient (Wildman–Crippen LogP) is 4.64. The van der Waals surface area contributed by atoms with E-state index < -0.39 is 7.14 Å². The van der Waals surface area contributed by atoms with Crippen molar-refractivity contribution in [2.75, 3.05) is 0 Å². The third-order valence-electron chi connectivity index (χ3n) is 3.37. The van der Waals surface area contributed by atoms with Crippen LogP contribution in [0.25, 0.3) is 9.75 Å². The van der Waals surface area contributed by atoms with Crippen molar-refractivity contribution in [2.24, 2.45) is 0 Å². The first-order valence-electron chi connectivity index (χ1n) is 5.86. The van der Waals surface area contributed by atoms with Gasteiger partial charge in [-0.25, -0.2) is 0 Å². The lowest BCUT2D eigenvalue weighted by Gasteiger charge is -2.13. The lowest BCUT2D eigenvalue weighted by Crippen LogP contribution is -2.19. The van der Waals surface area contributed by atoms with Gasteiger partial charge in [0.1, 0.15) is 0 Å². The molecule has 0 aliphatic carbocycles. The largest absolute Gasteiger partial charge is 0.309 e. The van der Waals surface area contributed by atoms with Crippen molar-refractivity contribution in [3.8, 4) is 9.75 Å². The Morgan fingerprint density at radius 3 is 1.85 bits per heavy atom. The highest BCUT2D eigenvalue weighted by Gasteiger charge is 2.43. The summed E-state index contributed by atoms with van der Waals surface area (Å²) in [5, 5.41) is 3.02. The minimum atomic E-state index is -2.65. The Hall–Kier alpha value is 0.310. The Kier molecular flexibility index (Phi) is 3.42. The van der Waals surface area contributed by atoms with Crippen LogP contribution in [0.15, 0.2) is 42.5 Å². The third kappa shape index (κ3) is 1.86. The monoisotopic (exact) mass is 540 g/mol. The number of hydrogen-bond acceptors (Lipinski definition) is 3. The quantitative estimate of drug-likeness (QED) is 0.254. The summed E-state index contributed by atoms with van der Waals surface area (Å²) in [5.74, 6) is 0. The second-order valence-electron chi connectivity index (χ2n) is 4.47. The Bertz CT molecular complexity index is 816.